The first kappa shape index (κ1) is 8.92. The van der Waals surface area contributed by atoms with E-state index in [0.29, 0.717) is 0 Å². The molecular formula is C7H18N2. The van der Waals surface area contributed by atoms with Gasteiger partial charge in [0.2, 0.25) is 0 Å². The zero-order valence-corrected chi connectivity index (χ0v) is 6.48. The van der Waals surface area contributed by atoms with Gasteiger partial charge in [-0.25, -0.2) is 0 Å². The molecule has 0 aliphatic heterocycles. The van der Waals surface area contributed by atoms with Crippen molar-refractivity contribution in [1.29, 1.82) is 0 Å². The maximum Gasteiger partial charge on any atom is -0.00231 e. The van der Waals surface area contributed by atoms with Crippen molar-refractivity contribution in [1.82, 2.24) is 5.32 Å². The van der Waals surface area contributed by atoms with Crippen LogP contribution in [-0.2, 0) is 0 Å². The predicted octanol–water partition coefficient (Wildman–Crippen LogP) is 0.581. The van der Waals surface area contributed by atoms with Crippen molar-refractivity contribution < 1.29 is 0 Å². The van der Waals surface area contributed by atoms with Crippen LogP contribution in [0, 0.1) is 5.92 Å². The number of nitrogens with one attached hydrogen (secondary N) is 1. The van der Waals surface area contributed by atoms with Crippen LogP contribution in [0.3, 0.4) is 0 Å². The van der Waals surface area contributed by atoms with Crippen LogP contribution in [0.4, 0.5) is 0 Å². The highest BCUT2D eigenvalue weighted by Crippen LogP contribution is 2.03. The lowest BCUT2D eigenvalue weighted by atomic mass is 10.0. The van der Waals surface area contributed by atoms with Crippen molar-refractivity contribution >= 4 is 0 Å². The standard InChI is InChI=1S/C7H18N2/c1-3-7(4-5-8)6-9-2/h7,9H,3-6,8H2,1-2H3. The predicted molar refractivity (Wildman–Crippen MR) is 41.4 cm³/mol. The van der Waals surface area contributed by atoms with Gasteiger partial charge in [-0.15, -0.1) is 0 Å². The molecule has 2 nitrogen and oxygen atoms in total. The summed E-state index contributed by atoms with van der Waals surface area (Å²) in [6, 6.07) is 0. The molecule has 56 valence electrons. The Hall–Kier alpha value is -0.0800. The number of rotatable bonds is 5. The molecule has 0 rings (SSSR count). The number of hydrogen-bond acceptors (Lipinski definition) is 2. The summed E-state index contributed by atoms with van der Waals surface area (Å²) in [5, 5.41) is 3.15. The minimum Gasteiger partial charge on any atom is -0.330 e. The van der Waals surface area contributed by atoms with Crippen molar-refractivity contribution in [2.24, 2.45) is 11.7 Å². The minimum absolute atomic E-state index is 0.778. The molecule has 2 heteroatoms. The first-order valence-electron chi connectivity index (χ1n) is 3.69. The van der Waals surface area contributed by atoms with Gasteiger partial charge in [-0.2, -0.15) is 0 Å². The van der Waals surface area contributed by atoms with E-state index in [-0.39, 0.29) is 0 Å². The van der Waals surface area contributed by atoms with Gasteiger partial charge in [0, 0.05) is 0 Å². The van der Waals surface area contributed by atoms with Crippen LogP contribution >= 0.6 is 0 Å². The van der Waals surface area contributed by atoms with Gasteiger partial charge in [0.05, 0.1) is 0 Å². The fraction of sp³-hybridized carbons (Fsp3) is 1.00. The lowest BCUT2D eigenvalue weighted by Crippen LogP contribution is -2.20. The molecule has 0 heterocycles. The van der Waals surface area contributed by atoms with E-state index in [4.69, 9.17) is 5.73 Å². The largest absolute Gasteiger partial charge is 0.330 e. The Kier molecular flexibility index (Phi) is 5.99. The second-order valence-corrected chi connectivity index (χ2v) is 2.41. The van der Waals surface area contributed by atoms with E-state index in [0.717, 1.165) is 25.4 Å². The fourth-order valence-corrected chi connectivity index (χ4v) is 0.975. The molecule has 0 radical (unpaired) electrons. The molecule has 0 spiro atoms. The lowest BCUT2D eigenvalue weighted by Gasteiger charge is -2.11. The zero-order chi connectivity index (χ0) is 7.11. The summed E-state index contributed by atoms with van der Waals surface area (Å²) < 4.78 is 0. The van der Waals surface area contributed by atoms with Crippen molar-refractivity contribution in [3.63, 3.8) is 0 Å². The molecule has 0 fully saturated rings. The summed E-state index contributed by atoms with van der Waals surface area (Å²) in [4.78, 5) is 0. The molecule has 3 N–H and O–H groups in total. The maximum atomic E-state index is 5.41. The Labute approximate surface area is 57.8 Å². The third-order valence-corrected chi connectivity index (χ3v) is 1.65. The zero-order valence-electron chi connectivity index (χ0n) is 6.48. The van der Waals surface area contributed by atoms with Crippen LogP contribution in [0.15, 0.2) is 0 Å². The highest BCUT2D eigenvalue weighted by atomic mass is 14.8. The molecule has 0 aromatic heterocycles. The molecule has 0 aliphatic carbocycles. The van der Waals surface area contributed by atoms with Gasteiger partial charge >= 0.3 is 0 Å². The summed E-state index contributed by atoms with van der Waals surface area (Å²) >= 11 is 0. The maximum absolute atomic E-state index is 5.41. The average molecular weight is 130 g/mol. The Morgan fingerprint density at radius 1 is 1.56 bits per heavy atom. The molecule has 9 heavy (non-hydrogen) atoms. The normalized spacial score (nSPS) is 13.7. The summed E-state index contributed by atoms with van der Waals surface area (Å²) in [6.45, 7) is 4.13. The van der Waals surface area contributed by atoms with Crippen molar-refractivity contribution in [2.75, 3.05) is 20.1 Å². The topological polar surface area (TPSA) is 38.0 Å². The summed E-state index contributed by atoms with van der Waals surface area (Å²) in [6.07, 6.45) is 2.38. The smallest absolute Gasteiger partial charge is 0.00231 e. The van der Waals surface area contributed by atoms with Crippen LogP contribution < -0.4 is 11.1 Å². The molecule has 1 atom stereocenters. The van der Waals surface area contributed by atoms with E-state index >= 15 is 0 Å². The molecule has 1 unspecified atom stereocenters. The van der Waals surface area contributed by atoms with E-state index in [1.165, 1.54) is 6.42 Å². The van der Waals surface area contributed by atoms with Gasteiger partial charge < -0.3 is 11.1 Å². The molecule has 0 saturated heterocycles. The van der Waals surface area contributed by atoms with Gasteiger partial charge in [-0.05, 0) is 32.5 Å². The first-order valence-corrected chi connectivity index (χ1v) is 3.69. The summed E-state index contributed by atoms with van der Waals surface area (Å²) in [7, 11) is 1.99. The molecule has 0 aliphatic rings. The van der Waals surface area contributed by atoms with Gasteiger partial charge in [0.25, 0.3) is 0 Å². The highest BCUT2D eigenvalue weighted by Gasteiger charge is 2.01. The number of hydrogen-bond donors (Lipinski definition) is 2. The Balaban J connectivity index is 3.18. The SMILES string of the molecule is CCC(CCN)CNC. The molecule has 0 saturated carbocycles. The Bertz CT molecular complexity index is 48.9. The van der Waals surface area contributed by atoms with Crippen molar-refractivity contribution in [3.8, 4) is 0 Å². The third-order valence-electron chi connectivity index (χ3n) is 1.65. The van der Waals surface area contributed by atoms with Gasteiger partial charge in [0.1, 0.15) is 0 Å². The van der Waals surface area contributed by atoms with E-state index in [2.05, 4.69) is 12.2 Å². The number of nitrogens with two attached hydrogens (primary N) is 1. The first-order chi connectivity index (χ1) is 4.35. The Morgan fingerprint density at radius 3 is 2.56 bits per heavy atom. The van der Waals surface area contributed by atoms with E-state index < -0.39 is 0 Å². The van der Waals surface area contributed by atoms with Crippen LogP contribution in [0.5, 0.6) is 0 Å². The molecule has 0 aromatic carbocycles. The lowest BCUT2D eigenvalue weighted by molar-refractivity contribution is 0.456. The average Bonchev–Trinajstić information content (AvgIpc) is 1.88. The van der Waals surface area contributed by atoms with Crippen molar-refractivity contribution in [2.45, 2.75) is 19.8 Å². The summed E-state index contributed by atoms with van der Waals surface area (Å²) in [5.74, 6) is 0.778. The molecule has 0 amide bonds. The molecular weight excluding hydrogens is 112 g/mol. The minimum atomic E-state index is 0.778. The van der Waals surface area contributed by atoms with E-state index in [9.17, 15) is 0 Å². The van der Waals surface area contributed by atoms with Gasteiger partial charge in [0.15, 0.2) is 0 Å². The van der Waals surface area contributed by atoms with E-state index in [1.54, 1.807) is 0 Å². The Morgan fingerprint density at radius 2 is 2.22 bits per heavy atom. The molecule has 0 bridgehead atoms. The fourth-order valence-electron chi connectivity index (χ4n) is 0.975. The van der Waals surface area contributed by atoms with Crippen LogP contribution in [0.25, 0.3) is 0 Å². The van der Waals surface area contributed by atoms with Crippen LogP contribution in [-0.4, -0.2) is 20.1 Å². The summed E-state index contributed by atoms with van der Waals surface area (Å²) in [5.41, 5.74) is 5.41. The second-order valence-electron chi connectivity index (χ2n) is 2.41. The van der Waals surface area contributed by atoms with E-state index in [1.807, 2.05) is 7.05 Å². The van der Waals surface area contributed by atoms with Crippen LogP contribution in [0.1, 0.15) is 19.8 Å². The third kappa shape index (κ3) is 4.43. The second kappa shape index (κ2) is 6.05. The monoisotopic (exact) mass is 130 g/mol. The van der Waals surface area contributed by atoms with Crippen molar-refractivity contribution in [3.05, 3.63) is 0 Å². The van der Waals surface area contributed by atoms with Gasteiger partial charge in [-0.3, -0.25) is 0 Å². The molecule has 0 aromatic rings. The van der Waals surface area contributed by atoms with Crippen LogP contribution in [0.2, 0.25) is 0 Å². The quantitative estimate of drug-likeness (QED) is 0.571. The van der Waals surface area contributed by atoms with Gasteiger partial charge in [-0.1, -0.05) is 13.3 Å². The highest BCUT2D eigenvalue weighted by molar-refractivity contribution is 4.58.